The van der Waals surface area contributed by atoms with Crippen LogP contribution in [-0.2, 0) is 27.7 Å². The molecule has 0 aliphatic carbocycles. The number of hydrogen-bond acceptors (Lipinski definition) is 3. The molecular formula is C11H19NO3. The normalized spacial score (nSPS) is 12.0. The molecule has 1 aromatic heterocycles. The third kappa shape index (κ3) is 2.81. The molecule has 0 spiro atoms. The van der Waals surface area contributed by atoms with Gasteiger partial charge in [0.25, 0.3) is 5.97 Å². The zero-order chi connectivity index (χ0) is 11.3. The second-order valence-corrected chi connectivity index (χ2v) is 3.41. The summed E-state index contributed by atoms with van der Waals surface area (Å²) in [5, 5.41) is 0. The van der Waals surface area contributed by atoms with Crippen molar-refractivity contribution in [3.8, 4) is 0 Å². The molecule has 1 heterocycles. The third-order valence-corrected chi connectivity index (χ3v) is 2.67. The van der Waals surface area contributed by atoms with Crippen LogP contribution < -0.4 is 0 Å². The molecule has 0 bridgehead atoms. The van der Waals surface area contributed by atoms with Crippen molar-refractivity contribution < 1.29 is 14.2 Å². The van der Waals surface area contributed by atoms with E-state index in [9.17, 15) is 0 Å². The van der Waals surface area contributed by atoms with Gasteiger partial charge in [-0.3, -0.25) is 0 Å². The van der Waals surface area contributed by atoms with E-state index >= 15 is 0 Å². The fourth-order valence-corrected chi connectivity index (χ4v) is 1.59. The van der Waals surface area contributed by atoms with Crippen molar-refractivity contribution in [3.05, 3.63) is 24.0 Å². The fraction of sp³-hybridized carbons (Fsp3) is 0.636. The first-order valence-corrected chi connectivity index (χ1v) is 4.93. The van der Waals surface area contributed by atoms with E-state index in [1.54, 1.807) is 21.3 Å². The van der Waals surface area contributed by atoms with Gasteiger partial charge in [0.15, 0.2) is 0 Å². The molecule has 0 saturated heterocycles. The maximum absolute atomic E-state index is 5.22. The van der Waals surface area contributed by atoms with E-state index in [2.05, 4.69) is 10.6 Å². The van der Waals surface area contributed by atoms with Gasteiger partial charge in [0.05, 0.1) is 0 Å². The highest BCUT2D eigenvalue weighted by molar-refractivity contribution is 5.06. The van der Waals surface area contributed by atoms with Crippen LogP contribution in [0.15, 0.2) is 18.3 Å². The number of hydrogen-bond donors (Lipinski definition) is 0. The van der Waals surface area contributed by atoms with Crippen molar-refractivity contribution in [1.82, 2.24) is 4.57 Å². The van der Waals surface area contributed by atoms with Crippen LogP contribution >= 0.6 is 0 Å². The topological polar surface area (TPSA) is 32.6 Å². The molecule has 0 fully saturated rings. The number of ether oxygens (including phenoxy) is 3. The summed E-state index contributed by atoms with van der Waals surface area (Å²) in [6, 6.07) is 4.09. The molecule has 4 heteroatoms. The minimum absolute atomic E-state index is 0.661. The molecular weight excluding hydrogens is 194 g/mol. The summed E-state index contributed by atoms with van der Waals surface area (Å²) in [6.07, 6.45) is 3.52. The van der Waals surface area contributed by atoms with E-state index in [-0.39, 0.29) is 0 Å². The largest absolute Gasteiger partial charge is 0.354 e. The van der Waals surface area contributed by atoms with Gasteiger partial charge < -0.3 is 18.8 Å². The number of aryl methyl sites for hydroxylation is 2. The second-order valence-electron chi connectivity index (χ2n) is 3.41. The van der Waals surface area contributed by atoms with Gasteiger partial charge in [-0.05, 0) is 18.6 Å². The van der Waals surface area contributed by atoms with Gasteiger partial charge in [-0.25, -0.2) is 0 Å². The number of nitrogens with zero attached hydrogens (tertiary/aromatic N) is 1. The molecule has 1 aromatic rings. The second kappa shape index (κ2) is 5.30. The molecule has 0 saturated carbocycles. The Hall–Kier alpha value is -0.840. The minimum atomic E-state index is -0.926. The summed E-state index contributed by atoms with van der Waals surface area (Å²) in [5.41, 5.74) is 1.23. The van der Waals surface area contributed by atoms with Gasteiger partial charge in [-0.1, -0.05) is 0 Å². The highest BCUT2D eigenvalue weighted by atomic mass is 16.9. The van der Waals surface area contributed by atoms with Crippen LogP contribution in [0, 0.1) is 0 Å². The van der Waals surface area contributed by atoms with E-state index in [1.807, 2.05) is 19.3 Å². The fourth-order valence-electron chi connectivity index (χ4n) is 1.59. The molecule has 0 unspecified atom stereocenters. The van der Waals surface area contributed by atoms with Crippen molar-refractivity contribution in [3.63, 3.8) is 0 Å². The van der Waals surface area contributed by atoms with Gasteiger partial charge in [0.1, 0.15) is 0 Å². The van der Waals surface area contributed by atoms with Crippen LogP contribution in [0.2, 0.25) is 0 Å². The van der Waals surface area contributed by atoms with E-state index in [0.717, 1.165) is 6.42 Å². The first kappa shape index (κ1) is 12.2. The van der Waals surface area contributed by atoms with E-state index in [0.29, 0.717) is 6.42 Å². The van der Waals surface area contributed by atoms with Crippen LogP contribution in [-0.4, -0.2) is 31.9 Å². The average molecular weight is 213 g/mol. The van der Waals surface area contributed by atoms with Crippen LogP contribution in [0.1, 0.15) is 12.1 Å². The summed E-state index contributed by atoms with van der Waals surface area (Å²) in [4.78, 5) is 0. The van der Waals surface area contributed by atoms with Crippen LogP contribution in [0.25, 0.3) is 0 Å². The van der Waals surface area contributed by atoms with E-state index in [4.69, 9.17) is 14.2 Å². The lowest BCUT2D eigenvalue weighted by molar-refractivity contribution is -0.354. The Morgan fingerprint density at radius 1 is 1.20 bits per heavy atom. The molecule has 4 nitrogen and oxygen atoms in total. The Morgan fingerprint density at radius 3 is 2.20 bits per heavy atom. The van der Waals surface area contributed by atoms with Gasteiger partial charge >= 0.3 is 0 Å². The van der Waals surface area contributed by atoms with E-state index in [1.165, 1.54) is 5.69 Å². The molecule has 0 radical (unpaired) electrons. The minimum Gasteiger partial charge on any atom is -0.354 e. The van der Waals surface area contributed by atoms with Crippen molar-refractivity contribution in [2.75, 3.05) is 21.3 Å². The highest BCUT2D eigenvalue weighted by Crippen LogP contribution is 2.19. The van der Waals surface area contributed by atoms with E-state index < -0.39 is 5.97 Å². The first-order valence-electron chi connectivity index (χ1n) is 4.93. The zero-order valence-corrected chi connectivity index (χ0v) is 9.82. The molecule has 86 valence electrons. The van der Waals surface area contributed by atoms with Crippen molar-refractivity contribution in [1.29, 1.82) is 0 Å². The van der Waals surface area contributed by atoms with Gasteiger partial charge in [-0.2, -0.15) is 0 Å². The molecule has 0 aliphatic rings. The molecule has 1 rings (SSSR count). The predicted octanol–water partition coefficient (Wildman–Crippen LogP) is 1.55. The summed E-state index contributed by atoms with van der Waals surface area (Å²) in [7, 11) is 6.76. The Kier molecular flexibility index (Phi) is 4.32. The highest BCUT2D eigenvalue weighted by Gasteiger charge is 2.29. The van der Waals surface area contributed by atoms with Gasteiger partial charge in [0.2, 0.25) is 0 Å². The summed E-state index contributed by atoms with van der Waals surface area (Å²) in [5.74, 6) is -0.926. The number of rotatable bonds is 6. The maximum atomic E-state index is 5.22. The number of aromatic nitrogens is 1. The van der Waals surface area contributed by atoms with Gasteiger partial charge in [0, 0.05) is 46.7 Å². The summed E-state index contributed by atoms with van der Waals surface area (Å²) < 4.78 is 17.7. The molecule has 0 atom stereocenters. The smallest absolute Gasteiger partial charge is 0.282 e. The van der Waals surface area contributed by atoms with Gasteiger partial charge in [-0.15, -0.1) is 0 Å². The van der Waals surface area contributed by atoms with Crippen molar-refractivity contribution in [2.24, 2.45) is 7.05 Å². The van der Waals surface area contributed by atoms with Crippen molar-refractivity contribution >= 4 is 0 Å². The monoisotopic (exact) mass is 213 g/mol. The lowest BCUT2D eigenvalue weighted by Crippen LogP contribution is -2.36. The Balaban J connectivity index is 2.58. The molecule has 0 N–H and O–H groups in total. The molecule has 0 aliphatic heterocycles. The maximum Gasteiger partial charge on any atom is 0.282 e. The average Bonchev–Trinajstić information content (AvgIpc) is 2.67. The summed E-state index contributed by atoms with van der Waals surface area (Å²) >= 11 is 0. The quantitative estimate of drug-likeness (QED) is 0.672. The number of methoxy groups -OCH3 is 3. The Bertz CT molecular complexity index is 284. The lowest BCUT2D eigenvalue weighted by Gasteiger charge is -2.28. The first-order chi connectivity index (χ1) is 7.17. The van der Waals surface area contributed by atoms with Crippen molar-refractivity contribution in [2.45, 2.75) is 18.8 Å². The predicted molar refractivity (Wildman–Crippen MR) is 57.5 cm³/mol. The Morgan fingerprint density at radius 2 is 1.80 bits per heavy atom. The summed E-state index contributed by atoms with van der Waals surface area (Å²) in [6.45, 7) is 0. The zero-order valence-electron chi connectivity index (χ0n) is 9.82. The molecule has 15 heavy (non-hydrogen) atoms. The standard InChI is InChI=1S/C11H19NO3/c1-12-9-5-6-10(12)7-8-11(13-2,14-3)15-4/h5-6,9H,7-8H2,1-4H3. The Labute approximate surface area is 90.7 Å². The molecule has 0 amide bonds. The van der Waals surface area contributed by atoms with Crippen LogP contribution in [0.5, 0.6) is 0 Å². The molecule has 0 aromatic carbocycles. The lowest BCUT2D eigenvalue weighted by atomic mass is 10.2. The van der Waals surface area contributed by atoms with Crippen LogP contribution in [0.3, 0.4) is 0 Å². The van der Waals surface area contributed by atoms with Crippen LogP contribution in [0.4, 0.5) is 0 Å². The SMILES string of the molecule is COC(CCc1cccn1C)(OC)OC. The third-order valence-electron chi connectivity index (χ3n) is 2.67.